The van der Waals surface area contributed by atoms with Crippen LogP contribution in [0.25, 0.3) is 0 Å². The molecule has 0 spiro atoms. The number of carbonyl (C=O) groups excluding carboxylic acids is 1. The lowest BCUT2D eigenvalue weighted by Gasteiger charge is -2.16. The molecular formula is C17H15ClF3NO4. The largest absolute Gasteiger partial charge is 0.493 e. The summed E-state index contributed by atoms with van der Waals surface area (Å²) in [6, 6.07) is 5.74. The van der Waals surface area contributed by atoms with Gasteiger partial charge in [0.05, 0.1) is 32.6 Å². The second-order valence-electron chi connectivity index (χ2n) is 5.06. The molecule has 9 heteroatoms. The third-order valence-electron chi connectivity index (χ3n) is 3.46. The minimum absolute atomic E-state index is 0.0302. The van der Waals surface area contributed by atoms with E-state index < -0.39 is 23.3 Å². The van der Waals surface area contributed by atoms with Crippen LogP contribution in [0.3, 0.4) is 0 Å². The van der Waals surface area contributed by atoms with Crippen molar-refractivity contribution in [2.24, 2.45) is 0 Å². The minimum Gasteiger partial charge on any atom is -0.493 e. The summed E-state index contributed by atoms with van der Waals surface area (Å²) in [5.41, 5.74) is -1.44. The number of hydrogen-bond donors (Lipinski definition) is 1. The van der Waals surface area contributed by atoms with Gasteiger partial charge in [-0.2, -0.15) is 13.2 Å². The van der Waals surface area contributed by atoms with E-state index in [2.05, 4.69) is 5.32 Å². The SMILES string of the molecule is COc1cc(C(=O)Nc2ccc(Cl)cc2C(F)(F)F)cc(OC)c1OC. The van der Waals surface area contributed by atoms with E-state index >= 15 is 0 Å². The monoisotopic (exact) mass is 389 g/mol. The van der Waals surface area contributed by atoms with Gasteiger partial charge in [0.1, 0.15) is 0 Å². The highest BCUT2D eigenvalue weighted by molar-refractivity contribution is 6.30. The maximum absolute atomic E-state index is 13.2. The average molecular weight is 390 g/mol. The first-order chi connectivity index (χ1) is 12.2. The molecule has 2 rings (SSSR count). The zero-order chi connectivity index (χ0) is 19.5. The molecule has 0 heterocycles. The van der Waals surface area contributed by atoms with Crippen LogP contribution in [0.5, 0.6) is 17.2 Å². The second-order valence-corrected chi connectivity index (χ2v) is 5.49. The Labute approximate surface area is 152 Å². The van der Waals surface area contributed by atoms with E-state index in [9.17, 15) is 18.0 Å². The van der Waals surface area contributed by atoms with Crippen LogP contribution in [0.15, 0.2) is 30.3 Å². The zero-order valence-electron chi connectivity index (χ0n) is 14.0. The molecule has 1 amide bonds. The van der Waals surface area contributed by atoms with E-state index in [1.807, 2.05) is 0 Å². The standard InChI is InChI=1S/C17H15ClF3NO4/c1-24-13-6-9(7-14(25-2)15(13)26-3)16(23)22-12-5-4-10(18)8-11(12)17(19,20)21/h4-8H,1-3H3,(H,22,23). The van der Waals surface area contributed by atoms with Crippen LogP contribution >= 0.6 is 11.6 Å². The molecular weight excluding hydrogens is 375 g/mol. The fraction of sp³-hybridized carbons (Fsp3) is 0.235. The number of amides is 1. The normalized spacial score (nSPS) is 11.0. The van der Waals surface area contributed by atoms with Crippen molar-refractivity contribution in [3.63, 3.8) is 0 Å². The number of benzene rings is 2. The Balaban J connectivity index is 2.43. The minimum atomic E-state index is -4.68. The van der Waals surface area contributed by atoms with E-state index in [-0.39, 0.29) is 27.8 Å². The topological polar surface area (TPSA) is 56.8 Å². The quantitative estimate of drug-likeness (QED) is 0.809. The molecule has 1 N–H and O–H groups in total. The Morgan fingerprint density at radius 1 is 1.00 bits per heavy atom. The molecule has 0 aromatic heterocycles. The third kappa shape index (κ3) is 4.13. The first-order valence-electron chi connectivity index (χ1n) is 7.19. The van der Waals surface area contributed by atoms with Gasteiger partial charge in [-0.3, -0.25) is 4.79 Å². The smallest absolute Gasteiger partial charge is 0.418 e. The lowest BCUT2D eigenvalue weighted by Crippen LogP contribution is -2.17. The number of hydrogen-bond acceptors (Lipinski definition) is 4. The van der Waals surface area contributed by atoms with Gasteiger partial charge in [0.2, 0.25) is 5.75 Å². The summed E-state index contributed by atoms with van der Waals surface area (Å²) in [4.78, 5) is 12.5. The molecule has 0 unspecified atom stereocenters. The number of anilines is 1. The number of ether oxygens (including phenoxy) is 3. The summed E-state index contributed by atoms with van der Waals surface area (Å²) in [6.45, 7) is 0. The summed E-state index contributed by atoms with van der Waals surface area (Å²) in [7, 11) is 4.11. The number of methoxy groups -OCH3 is 3. The van der Waals surface area contributed by atoms with Crippen LogP contribution in [-0.4, -0.2) is 27.2 Å². The van der Waals surface area contributed by atoms with Crippen molar-refractivity contribution >= 4 is 23.2 Å². The number of nitrogens with one attached hydrogen (secondary N) is 1. The molecule has 140 valence electrons. The molecule has 0 fully saturated rings. The van der Waals surface area contributed by atoms with E-state index in [1.165, 1.54) is 39.5 Å². The lowest BCUT2D eigenvalue weighted by molar-refractivity contribution is -0.136. The van der Waals surface area contributed by atoms with Crippen LogP contribution in [0.1, 0.15) is 15.9 Å². The highest BCUT2D eigenvalue weighted by atomic mass is 35.5. The number of rotatable bonds is 5. The molecule has 0 aliphatic carbocycles. The average Bonchev–Trinajstić information content (AvgIpc) is 2.60. The van der Waals surface area contributed by atoms with Crippen LogP contribution in [0.2, 0.25) is 5.02 Å². The van der Waals surface area contributed by atoms with Gasteiger partial charge < -0.3 is 19.5 Å². The molecule has 0 atom stereocenters. The molecule has 0 aliphatic rings. The van der Waals surface area contributed by atoms with Crippen LogP contribution in [-0.2, 0) is 6.18 Å². The van der Waals surface area contributed by atoms with Crippen molar-refractivity contribution in [2.75, 3.05) is 26.6 Å². The fourth-order valence-corrected chi connectivity index (χ4v) is 2.44. The molecule has 5 nitrogen and oxygen atoms in total. The Bertz CT molecular complexity index is 799. The lowest BCUT2D eigenvalue weighted by atomic mass is 10.1. The van der Waals surface area contributed by atoms with Gasteiger partial charge in [-0.15, -0.1) is 0 Å². The predicted octanol–water partition coefficient (Wildman–Crippen LogP) is 4.64. The molecule has 2 aromatic rings. The van der Waals surface area contributed by atoms with Crippen LogP contribution in [0.4, 0.5) is 18.9 Å². The van der Waals surface area contributed by atoms with Gasteiger partial charge in [0.15, 0.2) is 11.5 Å². The molecule has 0 saturated heterocycles. The van der Waals surface area contributed by atoms with E-state index in [1.54, 1.807) is 0 Å². The van der Waals surface area contributed by atoms with E-state index in [4.69, 9.17) is 25.8 Å². The highest BCUT2D eigenvalue weighted by Crippen LogP contribution is 2.39. The van der Waals surface area contributed by atoms with Gasteiger partial charge in [-0.05, 0) is 30.3 Å². The Hall–Kier alpha value is -2.61. The van der Waals surface area contributed by atoms with Crippen molar-refractivity contribution in [3.05, 3.63) is 46.5 Å². The number of alkyl halides is 3. The molecule has 0 bridgehead atoms. The van der Waals surface area contributed by atoms with Crippen molar-refractivity contribution in [3.8, 4) is 17.2 Å². The van der Waals surface area contributed by atoms with Gasteiger partial charge in [0, 0.05) is 10.6 Å². The van der Waals surface area contributed by atoms with Crippen LogP contribution < -0.4 is 19.5 Å². The van der Waals surface area contributed by atoms with Crippen LogP contribution in [0, 0.1) is 0 Å². The summed E-state index contributed by atoms with van der Waals surface area (Å²) in [5, 5.41) is 2.14. The third-order valence-corrected chi connectivity index (χ3v) is 3.70. The maximum atomic E-state index is 13.2. The second kappa shape index (κ2) is 7.74. The Morgan fingerprint density at radius 2 is 1.58 bits per heavy atom. The first-order valence-corrected chi connectivity index (χ1v) is 7.57. The predicted molar refractivity (Wildman–Crippen MR) is 90.5 cm³/mol. The molecule has 0 saturated carbocycles. The molecule has 2 aromatic carbocycles. The van der Waals surface area contributed by atoms with Crippen molar-refractivity contribution in [1.82, 2.24) is 0 Å². The van der Waals surface area contributed by atoms with E-state index in [0.717, 1.165) is 12.1 Å². The van der Waals surface area contributed by atoms with Crippen molar-refractivity contribution in [2.45, 2.75) is 6.18 Å². The molecule has 26 heavy (non-hydrogen) atoms. The summed E-state index contributed by atoms with van der Waals surface area (Å²) >= 11 is 5.63. The van der Waals surface area contributed by atoms with E-state index in [0.29, 0.717) is 0 Å². The molecule has 0 aliphatic heterocycles. The van der Waals surface area contributed by atoms with Gasteiger partial charge >= 0.3 is 6.18 Å². The molecule has 0 radical (unpaired) electrons. The van der Waals surface area contributed by atoms with Gasteiger partial charge in [0.25, 0.3) is 5.91 Å². The van der Waals surface area contributed by atoms with Crippen molar-refractivity contribution in [1.29, 1.82) is 0 Å². The summed E-state index contributed by atoms with van der Waals surface area (Å²) < 4.78 is 54.9. The number of carbonyl (C=O) groups is 1. The Morgan fingerprint density at radius 3 is 2.04 bits per heavy atom. The fourth-order valence-electron chi connectivity index (χ4n) is 2.27. The Kier molecular flexibility index (Phi) is 5.86. The van der Waals surface area contributed by atoms with Crippen molar-refractivity contribution < 1.29 is 32.2 Å². The van der Waals surface area contributed by atoms with Gasteiger partial charge in [-0.1, -0.05) is 11.6 Å². The summed E-state index contributed by atoms with van der Waals surface area (Å²) in [5.74, 6) is -0.126. The highest BCUT2D eigenvalue weighted by Gasteiger charge is 2.34. The number of halogens is 4. The zero-order valence-corrected chi connectivity index (χ0v) is 14.8. The van der Waals surface area contributed by atoms with Gasteiger partial charge in [-0.25, -0.2) is 0 Å². The maximum Gasteiger partial charge on any atom is 0.418 e. The first kappa shape index (κ1) is 19.7. The summed E-state index contributed by atoms with van der Waals surface area (Å²) in [6.07, 6.45) is -4.68.